The van der Waals surface area contributed by atoms with Crippen LogP contribution in [0.3, 0.4) is 0 Å². The van der Waals surface area contributed by atoms with E-state index in [1.54, 1.807) is 0 Å². The first-order valence-electron chi connectivity index (χ1n) is 10.5. The minimum atomic E-state index is -3.13. The van der Waals surface area contributed by atoms with Gasteiger partial charge in [0.25, 0.3) is 5.56 Å². The second kappa shape index (κ2) is 4.80. The number of carbonyl (C=O) groups is 2. The van der Waals surface area contributed by atoms with E-state index >= 15 is 0 Å². The van der Waals surface area contributed by atoms with Crippen LogP contribution in [-0.2, 0) is 9.59 Å². The van der Waals surface area contributed by atoms with E-state index in [9.17, 15) is 14.4 Å². The first-order valence-corrected chi connectivity index (χ1v) is 5.92. The Bertz CT molecular complexity index is 1170. The number of aromatic nitrogens is 2. The normalized spacial score (nSPS) is 31.9. The van der Waals surface area contributed by atoms with Crippen molar-refractivity contribution in [3.8, 4) is 0 Å². The lowest BCUT2D eigenvalue weighted by atomic mass is 9.92. The number of benzene rings is 1. The van der Waals surface area contributed by atoms with E-state index < -0.39 is 89.8 Å². The van der Waals surface area contributed by atoms with Crippen molar-refractivity contribution in [2.75, 3.05) is 5.73 Å². The summed E-state index contributed by atoms with van der Waals surface area (Å²) < 4.78 is 70.6. The van der Waals surface area contributed by atoms with Crippen LogP contribution in [0.25, 0.3) is 10.9 Å². The van der Waals surface area contributed by atoms with Crippen molar-refractivity contribution in [1.29, 1.82) is 0 Å². The van der Waals surface area contributed by atoms with Gasteiger partial charge in [0.1, 0.15) is 11.6 Å². The zero-order valence-electron chi connectivity index (χ0n) is 19.6. The van der Waals surface area contributed by atoms with E-state index in [4.69, 9.17) is 18.1 Å². The van der Waals surface area contributed by atoms with E-state index in [1.807, 2.05) is 0 Å². The second-order valence-electron chi connectivity index (χ2n) is 4.44. The molecular formula is C15H15N3O3. The lowest BCUT2D eigenvalue weighted by Crippen LogP contribution is -2.36. The highest BCUT2D eigenvalue weighted by Crippen LogP contribution is 2.24. The van der Waals surface area contributed by atoms with Gasteiger partial charge < -0.3 is 5.73 Å². The maximum atomic E-state index is 13.2. The summed E-state index contributed by atoms with van der Waals surface area (Å²) in [5.74, 6) is -3.22. The van der Waals surface area contributed by atoms with Crippen LogP contribution < -0.4 is 11.3 Å². The molecule has 0 aliphatic heterocycles. The van der Waals surface area contributed by atoms with Gasteiger partial charge in [0.05, 0.1) is 27.5 Å². The molecule has 1 aromatic carbocycles. The van der Waals surface area contributed by atoms with E-state index in [2.05, 4.69) is 4.98 Å². The van der Waals surface area contributed by atoms with Gasteiger partial charge in [-0.3, -0.25) is 19.0 Å². The molecule has 1 aliphatic rings. The van der Waals surface area contributed by atoms with Gasteiger partial charge in [0, 0.05) is 20.3 Å². The molecule has 21 heavy (non-hydrogen) atoms. The van der Waals surface area contributed by atoms with Crippen molar-refractivity contribution in [3.05, 3.63) is 34.3 Å². The second-order valence-corrected chi connectivity index (χ2v) is 4.44. The number of rotatable bonds is 1. The average molecular weight is 294 g/mol. The number of anilines is 1. The van der Waals surface area contributed by atoms with Crippen LogP contribution in [0.4, 0.5) is 5.69 Å². The van der Waals surface area contributed by atoms with Crippen molar-refractivity contribution >= 4 is 28.2 Å². The van der Waals surface area contributed by atoms with Gasteiger partial charge in [-0.25, -0.2) is 4.98 Å². The number of Topliss-reactive ketones (excluding diaryl/α,β-unsaturated/α-hetero) is 2. The summed E-state index contributed by atoms with van der Waals surface area (Å²) in [5.41, 5.74) is 3.34. The summed E-state index contributed by atoms with van der Waals surface area (Å²) in [4.78, 5) is 41.4. The van der Waals surface area contributed by atoms with Crippen LogP contribution in [0.15, 0.2) is 22.9 Å². The Morgan fingerprint density at radius 3 is 3.05 bits per heavy atom. The number of fused-ring (bicyclic) bond motifs is 1. The first kappa shape index (κ1) is 6.51. The van der Waals surface area contributed by atoms with Gasteiger partial charge in [-0.05, 0) is 25.3 Å². The smallest absolute Gasteiger partial charge is 0.264 e. The largest absolute Gasteiger partial charge is 0.398 e. The molecule has 6 nitrogen and oxygen atoms in total. The van der Waals surface area contributed by atoms with Crippen molar-refractivity contribution in [2.45, 2.75) is 32.1 Å². The van der Waals surface area contributed by atoms with Crippen molar-refractivity contribution < 1.29 is 21.9 Å². The highest BCUT2D eigenvalue weighted by Gasteiger charge is 2.30. The molecule has 1 saturated carbocycles. The predicted molar refractivity (Wildman–Crippen MR) is 78.1 cm³/mol. The fourth-order valence-electron chi connectivity index (χ4n) is 2.14. The van der Waals surface area contributed by atoms with E-state index in [0.717, 1.165) is 0 Å². The fraction of sp³-hybridized carbons (Fsp3) is 0.333. The van der Waals surface area contributed by atoms with Crippen molar-refractivity contribution in [1.82, 2.24) is 9.55 Å². The van der Waals surface area contributed by atoms with Gasteiger partial charge in [0.2, 0.25) is 0 Å². The number of hydrogen-bond acceptors (Lipinski definition) is 5. The monoisotopic (exact) mass is 294 g/mol. The third kappa shape index (κ3) is 2.12. The molecule has 0 amide bonds. The Hall–Kier alpha value is -2.50. The molecule has 2 unspecified atom stereocenters. The Labute approximate surface area is 133 Å². The molecule has 3 rings (SSSR count). The third-order valence-corrected chi connectivity index (χ3v) is 3.11. The topological polar surface area (TPSA) is 95.0 Å². The quantitative estimate of drug-likeness (QED) is 0.629. The maximum Gasteiger partial charge on any atom is 0.264 e. The average Bonchev–Trinajstić information content (AvgIpc) is 2.63. The molecule has 2 aromatic rings. The number of ketones is 2. The highest BCUT2D eigenvalue weighted by atomic mass is 16.2. The zero-order chi connectivity index (χ0) is 22.9. The molecule has 1 heterocycles. The summed E-state index contributed by atoms with van der Waals surface area (Å²) in [6.07, 6.45) is -5.93. The van der Waals surface area contributed by atoms with E-state index in [-0.39, 0.29) is 0 Å². The van der Waals surface area contributed by atoms with Gasteiger partial charge in [0.15, 0.2) is 5.78 Å². The third-order valence-electron chi connectivity index (χ3n) is 3.11. The summed E-state index contributed by atoms with van der Waals surface area (Å²) in [5, 5.41) is -0.591. The Balaban J connectivity index is 2.51. The molecule has 6 heteroatoms. The minimum Gasteiger partial charge on any atom is -0.398 e. The van der Waals surface area contributed by atoms with Crippen molar-refractivity contribution in [3.63, 3.8) is 0 Å². The summed E-state index contributed by atoms with van der Waals surface area (Å²) in [7, 11) is 0. The molecule has 108 valence electrons. The molecule has 1 aromatic heterocycles. The van der Waals surface area contributed by atoms with Crippen LogP contribution in [-0.4, -0.2) is 21.1 Å². The molecule has 2 atom stereocenters. The van der Waals surface area contributed by atoms with Gasteiger partial charge >= 0.3 is 0 Å². The summed E-state index contributed by atoms with van der Waals surface area (Å²) in [6.45, 7) is -3.13. The molecule has 2 N–H and O–H groups in total. The number of nitrogen functional groups attached to an aromatic ring is 1. The van der Waals surface area contributed by atoms with E-state index in [1.165, 1.54) is 0 Å². The predicted octanol–water partition coefficient (Wildman–Crippen LogP) is 1.15. The Morgan fingerprint density at radius 2 is 2.29 bits per heavy atom. The van der Waals surface area contributed by atoms with Crippen LogP contribution in [0.2, 0.25) is 0 Å². The molecule has 1 aliphatic carbocycles. The van der Waals surface area contributed by atoms with Crippen LogP contribution in [0.1, 0.15) is 43.4 Å². The maximum absolute atomic E-state index is 13.2. The molecule has 1 fully saturated rings. The number of hydrogen-bond donors (Lipinski definition) is 1. The van der Waals surface area contributed by atoms with Gasteiger partial charge in [-0.1, -0.05) is 6.04 Å². The lowest BCUT2D eigenvalue weighted by Gasteiger charge is -2.24. The minimum absolute atomic E-state index is 0.318. The lowest BCUT2D eigenvalue weighted by molar-refractivity contribution is -0.132. The zero-order valence-corrected chi connectivity index (χ0v) is 10.6. The molecule has 0 saturated heterocycles. The fourth-order valence-corrected chi connectivity index (χ4v) is 2.14. The highest BCUT2D eigenvalue weighted by molar-refractivity contribution is 6.03. The standard InChI is InChI=1S/C15H15N3O3/c1-8-17-11-4-2-3-10(16)14(11)15(21)18(8)12-6-5-9(19)7-13(12)20/h2-4,12H,5-7,16H2,1H3/i1D3,2D,3D,4D,5D2,6D. The van der Waals surface area contributed by atoms with Gasteiger partial charge in [-0.15, -0.1) is 0 Å². The van der Waals surface area contributed by atoms with Gasteiger partial charge in [-0.2, -0.15) is 0 Å². The SMILES string of the molecule is [2H]c1c([2H])c(N)c2c(=O)n(C3C(=O)CC(=O)C([2H])([2H])C3[2H])c(C([2H])([2H])[2H])nc2c1[2H]. The molecular weight excluding hydrogens is 270 g/mol. The molecule has 0 spiro atoms. The van der Waals surface area contributed by atoms with E-state index in [0.29, 0.717) is 4.57 Å². The Kier molecular flexibility index (Phi) is 1.49. The van der Waals surface area contributed by atoms with Crippen molar-refractivity contribution in [2.24, 2.45) is 0 Å². The summed E-state index contributed by atoms with van der Waals surface area (Å²) in [6, 6.07) is -4.07. The number of carbonyl (C=O) groups excluding carboxylic acids is 2. The number of nitrogens with two attached hydrogens (primary N) is 1. The summed E-state index contributed by atoms with van der Waals surface area (Å²) >= 11 is 0. The number of nitrogens with zero attached hydrogens (tertiary/aromatic N) is 2. The van der Waals surface area contributed by atoms with Crippen LogP contribution in [0, 0.1) is 6.85 Å². The molecule has 0 radical (unpaired) electrons. The van der Waals surface area contributed by atoms with Crippen LogP contribution >= 0.6 is 0 Å². The number of aryl methyl sites for hydroxylation is 1. The van der Waals surface area contributed by atoms with Crippen LogP contribution in [0.5, 0.6) is 0 Å². The molecule has 0 bridgehead atoms. The first-order chi connectivity index (χ1) is 13.6. The Morgan fingerprint density at radius 1 is 1.48 bits per heavy atom.